The van der Waals surface area contributed by atoms with Gasteiger partial charge in [-0.2, -0.15) is 0 Å². The monoisotopic (exact) mass is 408 g/mol. The zero-order chi connectivity index (χ0) is 20.9. The number of amides is 1. The minimum atomic E-state index is -3.68. The number of ether oxygens (including phenoxy) is 1. The molecule has 0 heterocycles. The fourth-order valence-electron chi connectivity index (χ4n) is 2.23. The van der Waals surface area contributed by atoms with Gasteiger partial charge in [0.15, 0.2) is 6.10 Å². The average molecular weight is 408 g/mol. The molecule has 0 aromatic heterocycles. The van der Waals surface area contributed by atoms with Crippen LogP contribution in [0.3, 0.4) is 0 Å². The molecule has 1 atom stereocenters. The van der Waals surface area contributed by atoms with Crippen molar-refractivity contribution in [3.05, 3.63) is 59.9 Å². The number of halogens is 1. The van der Waals surface area contributed by atoms with Crippen molar-refractivity contribution in [2.75, 3.05) is 5.32 Å². The fourth-order valence-corrected chi connectivity index (χ4v) is 3.48. The molecule has 1 amide bonds. The van der Waals surface area contributed by atoms with Gasteiger partial charge in [0.2, 0.25) is 10.0 Å². The van der Waals surface area contributed by atoms with Crippen molar-refractivity contribution in [1.29, 1.82) is 0 Å². The molecule has 0 bridgehead atoms. The summed E-state index contributed by atoms with van der Waals surface area (Å²) in [6.45, 7) is 4.73. The number of nitrogens with one attached hydrogen (secondary N) is 2. The van der Waals surface area contributed by atoms with Crippen LogP contribution < -0.4 is 10.0 Å². The standard InChI is InChI=1S/C19H21FN2O5S/c1-12(2)22-28(25,26)15-10-8-14(9-11-15)19(24)27-13(3)18(23)21-17-7-5-4-6-16(17)20/h4-13,22H,1-3H3,(H,21,23). The molecule has 28 heavy (non-hydrogen) atoms. The maximum Gasteiger partial charge on any atom is 0.338 e. The summed E-state index contributed by atoms with van der Waals surface area (Å²) in [5.41, 5.74) is 0.0525. The van der Waals surface area contributed by atoms with Crippen molar-refractivity contribution in [2.24, 2.45) is 0 Å². The minimum absolute atomic E-state index is 0.00287. The molecule has 2 aromatic carbocycles. The van der Waals surface area contributed by atoms with Crippen LogP contribution in [0.4, 0.5) is 10.1 Å². The quantitative estimate of drug-likeness (QED) is 0.686. The van der Waals surface area contributed by atoms with Crippen molar-refractivity contribution in [3.8, 4) is 0 Å². The molecule has 0 aliphatic heterocycles. The summed E-state index contributed by atoms with van der Waals surface area (Å²) in [7, 11) is -3.68. The topological polar surface area (TPSA) is 102 Å². The summed E-state index contributed by atoms with van der Waals surface area (Å²) in [5.74, 6) is -2.11. The lowest BCUT2D eigenvalue weighted by Gasteiger charge is -2.14. The predicted molar refractivity (Wildman–Crippen MR) is 102 cm³/mol. The van der Waals surface area contributed by atoms with E-state index in [4.69, 9.17) is 4.74 Å². The van der Waals surface area contributed by atoms with Crippen LogP contribution in [0.25, 0.3) is 0 Å². The Hall–Kier alpha value is -2.78. The molecular weight excluding hydrogens is 387 g/mol. The van der Waals surface area contributed by atoms with E-state index in [1.807, 2.05) is 0 Å². The summed E-state index contributed by atoms with van der Waals surface area (Å²) in [4.78, 5) is 24.3. The lowest BCUT2D eigenvalue weighted by molar-refractivity contribution is -0.123. The molecular formula is C19H21FN2O5S. The number of para-hydroxylation sites is 1. The zero-order valence-corrected chi connectivity index (χ0v) is 16.4. The summed E-state index contributed by atoms with van der Waals surface area (Å²) in [6, 6.07) is 10.5. The molecule has 150 valence electrons. The Morgan fingerprint density at radius 3 is 2.18 bits per heavy atom. The van der Waals surface area contributed by atoms with Crippen LogP contribution in [0.5, 0.6) is 0 Å². The second-order valence-corrected chi connectivity index (χ2v) is 8.03. The molecule has 0 spiro atoms. The summed E-state index contributed by atoms with van der Waals surface area (Å²) in [6.07, 6.45) is -1.18. The molecule has 0 aliphatic carbocycles. The SMILES string of the molecule is CC(C)NS(=O)(=O)c1ccc(C(=O)OC(C)C(=O)Nc2ccccc2F)cc1. The van der Waals surface area contributed by atoms with Crippen molar-refractivity contribution in [3.63, 3.8) is 0 Å². The second kappa shape index (κ2) is 8.94. The number of carbonyl (C=O) groups excluding carboxylic acids is 2. The summed E-state index contributed by atoms with van der Waals surface area (Å²) in [5, 5.41) is 2.34. The van der Waals surface area contributed by atoms with Gasteiger partial charge in [0.25, 0.3) is 5.91 Å². The lowest BCUT2D eigenvalue weighted by Crippen LogP contribution is -2.31. The molecule has 0 aliphatic rings. The Kier molecular flexibility index (Phi) is 6.87. The molecule has 2 rings (SSSR count). The third-order valence-electron chi connectivity index (χ3n) is 3.58. The highest BCUT2D eigenvalue weighted by Crippen LogP contribution is 2.15. The zero-order valence-electron chi connectivity index (χ0n) is 15.6. The first-order valence-corrected chi connectivity index (χ1v) is 9.97. The van der Waals surface area contributed by atoms with E-state index in [-0.39, 0.29) is 22.2 Å². The first kappa shape index (κ1) is 21.5. The van der Waals surface area contributed by atoms with Crippen LogP contribution in [0.15, 0.2) is 53.4 Å². The van der Waals surface area contributed by atoms with Crippen molar-refractivity contribution >= 4 is 27.6 Å². The van der Waals surface area contributed by atoms with E-state index >= 15 is 0 Å². The molecule has 0 saturated carbocycles. The first-order valence-electron chi connectivity index (χ1n) is 8.49. The van der Waals surface area contributed by atoms with E-state index in [9.17, 15) is 22.4 Å². The van der Waals surface area contributed by atoms with Crippen LogP contribution in [-0.2, 0) is 19.6 Å². The average Bonchev–Trinajstić information content (AvgIpc) is 2.62. The Morgan fingerprint density at radius 2 is 1.61 bits per heavy atom. The van der Waals surface area contributed by atoms with E-state index in [1.54, 1.807) is 19.9 Å². The maximum atomic E-state index is 13.6. The van der Waals surface area contributed by atoms with Gasteiger partial charge in [0.1, 0.15) is 5.82 Å². The van der Waals surface area contributed by atoms with Gasteiger partial charge in [-0.3, -0.25) is 4.79 Å². The number of hydrogen-bond donors (Lipinski definition) is 2. The Balaban J connectivity index is 2.02. The van der Waals surface area contributed by atoms with Crippen molar-refractivity contribution < 1.29 is 27.1 Å². The van der Waals surface area contributed by atoms with Crippen LogP contribution in [0.1, 0.15) is 31.1 Å². The van der Waals surface area contributed by atoms with Gasteiger partial charge in [-0.25, -0.2) is 22.3 Å². The molecule has 0 fully saturated rings. The Labute approximate surface area is 163 Å². The van der Waals surface area contributed by atoms with Gasteiger partial charge in [0, 0.05) is 6.04 Å². The van der Waals surface area contributed by atoms with E-state index in [1.165, 1.54) is 49.4 Å². The highest BCUT2D eigenvalue weighted by Gasteiger charge is 2.21. The number of benzene rings is 2. The highest BCUT2D eigenvalue weighted by molar-refractivity contribution is 7.89. The van der Waals surface area contributed by atoms with Gasteiger partial charge in [-0.15, -0.1) is 0 Å². The third kappa shape index (κ3) is 5.61. The highest BCUT2D eigenvalue weighted by atomic mass is 32.2. The number of carbonyl (C=O) groups is 2. The van der Waals surface area contributed by atoms with Crippen molar-refractivity contribution in [2.45, 2.75) is 37.8 Å². The fraction of sp³-hybridized carbons (Fsp3) is 0.263. The van der Waals surface area contributed by atoms with Crippen LogP contribution in [0.2, 0.25) is 0 Å². The van der Waals surface area contributed by atoms with Crippen LogP contribution in [0, 0.1) is 5.82 Å². The molecule has 2 aromatic rings. The molecule has 7 nitrogen and oxygen atoms in total. The smallest absolute Gasteiger partial charge is 0.338 e. The van der Waals surface area contributed by atoms with E-state index in [0.29, 0.717) is 0 Å². The Bertz CT molecular complexity index is 959. The maximum absolute atomic E-state index is 13.6. The van der Waals surface area contributed by atoms with E-state index in [2.05, 4.69) is 10.0 Å². The number of esters is 1. The predicted octanol–water partition coefficient (Wildman–Crippen LogP) is 2.70. The van der Waals surface area contributed by atoms with E-state index < -0.39 is 33.8 Å². The first-order chi connectivity index (χ1) is 13.1. The Morgan fingerprint density at radius 1 is 1.00 bits per heavy atom. The largest absolute Gasteiger partial charge is 0.449 e. The third-order valence-corrected chi connectivity index (χ3v) is 5.25. The number of hydrogen-bond acceptors (Lipinski definition) is 5. The second-order valence-electron chi connectivity index (χ2n) is 6.32. The molecule has 9 heteroatoms. The minimum Gasteiger partial charge on any atom is -0.449 e. The molecule has 0 radical (unpaired) electrons. The normalized spacial score (nSPS) is 12.5. The molecule has 1 unspecified atom stereocenters. The van der Waals surface area contributed by atoms with Crippen LogP contribution >= 0.6 is 0 Å². The van der Waals surface area contributed by atoms with Crippen LogP contribution in [-0.4, -0.2) is 32.4 Å². The number of rotatable bonds is 7. The number of anilines is 1. The van der Waals surface area contributed by atoms with Gasteiger partial charge < -0.3 is 10.1 Å². The van der Waals surface area contributed by atoms with E-state index in [0.717, 1.165) is 0 Å². The van der Waals surface area contributed by atoms with Gasteiger partial charge in [0.05, 0.1) is 16.1 Å². The lowest BCUT2D eigenvalue weighted by atomic mass is 10.2. The molecule has 2 N–H and O–H groups in total. The number of sulfonamides is 1. The molecule has 0 saturated heterocycles. The van der Waals surface area contributed by atoms with Gasteiger partial charge in [-0.1, -0.05) is 12.1 Å². The summed E-state index contributed by atoms with van der Waals surface area (Å²) < 4.78 is 45.2. The summed E-state index contributed by atoms with van der Waals surface area (Å²) >= 11 is 0. The van der Waals surface area contributed by atoms with Gasteiger partial charge >= 0.3 is 5.97 Å². The van der Waals surface area contributed by atoms with Gasteiger partial charge in [-0.05, 0) is 57.2 Å². The van der Waals surface area contributed by atoms with Crippen molar-refractivity contribution in [1.82, 2.24) is 4.72 Å².